The molecule has 14 heavy (non-hydrogen) atoms. The van der Waals surface area contributed by atoms with Crippen LogP contribution in [0, 0.1) is 0 Å². The summed E-state index contributed by atoms with van der Waals surface area (Å²) in [5, 5.41) is 2.65. The zero-order chi connectivity index (χ0) is 10.2. The molecule has 0 aromatic heterocycles. The first kappa shape index (κ1) is 9.24. The van der Waals surface area contributed by atoms with Gasteiger partial charge in [0, 0.05) is 6.54 Å². The average Bonchev–Trinajstić information content (AvgIpc) is 2.58. The summed E-state index contributed by atoms with van der Waals surface area (Å²) in [5.41, 5.74) is -0.614. The van der Waals surface area contributed by atoms with Gasteiger partial charge in [-0.25, -0.2) is 0 Å². The largest absolute Gasteiger partial charge is 0.345 e. The van der Waals surface area contributed by atoms with Gasteiger partial charge in [-0.15, -0.1) is 6.58 Å². The number of hydrogen-bond acceptors (Lipinski definition) is 2. The van der Waals surface area contributed by atoms with E-state index in [4.69, 9.17) is 0 Å². The SMILES string of the molecule is C=CC[C@@]12CCCN1C(=O)C[15NH]C2=O. The summed E-state index contributed by atoms with van der Waals surface area (Å²) in [5.74, 6) is 0.0125. The summed E-state index contributed by atoms with van der Waals surface area (Å²) in [6.45, 7) is 4.51. The van der Waals surface area contributed by atoms with Crippen LogP contribution in [0.25, 0.3) is 0 Å². The highest BCUT2D eigenvalue weighted by atomic mass is 16.2. The fourth-order valence-corrected chi connectivity index (χ4v) is 2.44. The van der Waals surface area contributed by atoms with Crippen LogP contribution >= 0.6 is 0 Å². The van der Waals surface area contributed by atoms with Gasteiger partial charge in [0.15, 0.2) is 0 Å². The van der Waals surface area contributed by atoms with Gasteiger partial charge in [-0.3, -0.25) is 9.59 Å². The lowest BCUT2D eigenvalue weighted by Crippen LogP contribution is -2.64. The summed E-state index contributed by atoms with van der Waals surface area (Å²) >= 11 is 0. The molecule has 2 amide bonds. The van der Waals surface area contributed by atoms with Crippen LogP contribution in [-0.4, -0.2) is 35.3 Å². The summed E-state index contributed by atoms with van der Waals surface area (Å²) < 4.78 is 0. The topological polar surface area (TPSA) is 49.4 Å². The third kappa shape index (κ3) is 1.06. The smallest absolute Gasteiger partial charge is 0.246 e. The van der Waals surface area contributed by atoms with Gasteiger partial charge in [0.25, 0.3) is 0 Å². The van der Waals surface area contributed by atoms with Crippen molar-refractivity contribution in [2.24, 2.45) is 0 Å². The van der Waals surface area contributed by atoms with Gasteiger partial charge in [-0.05, 0) is 19.3 Å². The summed E-state index contributed by atoms with van der Waals surface area (Å²) in [6.07, 6.45) is 3.95. The first-order chi connectivity index (χ1) is 6.70. The van der Waals surface area contributed by atoms with E-state index in [9.17, 15) is 9.59 Å². The molecule has 0 aromatic rings. The molecule has 4 heteroatoms. The minimum Gasteiger partial charge on any atom is -0.345 e. The zero-order valence-electron chi connectivity index (χ0n) is 8.08. The molecule has 1 atom stereocenters. The molecule has 0 unspecified atom stereocenters. The number of nitrogens with one attached hydrogen (secondary N) is 1. The Kier molecular flexibility index (Phi) is 2.06. The van der Waals surface area contributed by atoms with Crippen molar-refractivity contribution in [3.8, 4) is 0 Å². The molecular weight excluding hydrogens is 181 g/mol. The lowest BCUT2D eigenvalue weighted by atomic mass is 9.90. The number of amides is 2. The maximum Gasteiger partial charge on any atom is 0.246 e. The Balaban J connectivity index is 2.34. The standard InChI is InChI=1S/C10H14N2O2/c1-2-4-10-5-3-6-12(10)8(13)7-11-9(10)14/h2H,1,3-7H2,(H,11,14)/t10-/m0/s1/i11+1. The van der Waals surface area contributed by atoms with Crippen LogP contribution in [0.4, 0.5) is 0 Å². The number of fused-ring (bicyclic) bond motifs is 1. The van der Waals surface area contributed by atoms with Crippen molar-refractivity contribution in [3.05, 3.63) is 12.7 Å². The molecule has 4 nitrogen and oxygen atoms in total. The molecule has 0 aliphatic carbocycles. The van der Waals surface area contributed by atoms with Crippen LogP contribution < -0.4 is 5.32 Å². The van der Waals surface area contributed by atoms with E-state index in [1.807, 2.05) is 0 Å². The number of carbonyl (C=O) groups excluding carboxylic acids is 2. The number of nitrogens with zero attached hydrogens (tertiary/aromatic N) is 1. The maximum absolute atomic E-state index is 11.8. The van der Waals surface area contributed by atoms with E-state index in [0.717, 1.165) is 12.8 Å². The molecule has 2 aliphatic rings. The second kappa shape index (κ2) is 3.12. The van der Waals surface area contributed by atoms with Gasteiger partial charge in [-0.1, -0.05) is 6.08 Å². The third-order valence-electron chi connectivity index (χ3n) is 3.09. The van der Waals surface area contributed by atoms with Crippen LogP contribution in [0.2, 0.25) is 0 Å². The molecule has 1 N–H and O–H groups in total. The molecule has 0 saturated carbocycles. The molecule has 0 aromatic carbocycles. The van der Waals surface area contributed by atoms with Crippen LogP contribution in [0.1, 0.15) is 19.3 Å². The summed E-state index contributed by atoms with van der Waals surface area (Å²) in [7, 11) is 0. The average molecular weight is 195 g/mol. The minimum absolute atomic E-state index is 0.0190. The predicted molar refractivity (Wildman–Crippen MR) is 51.5 cm³/mol. The van der Waals surface area contributed by atoms with Gasteiger partial charge >= 0.3 is 0 Å². The first-order valence-electron chi connectivity index (χ1n) is 4.90. The van der Waals surface area contributed by atoms with Crippen molar-refractivity contribution in [3.63, 3.8) is 0 Å². The number of hydrogen-bond donors (Lipinski definition) is 1. The van der Waals surface area contributed by atoms with Crippen molar-refractivity contribution >= 4 is 11.8 Å². The van der Waals surface area contributed by atoms with Crippen molar-refractivity contribution in [2.45, 2.75) is 24.8 Å². The van der Waals surface area contributed by atoms with E-state index in [0.29, 0.717) is 13.0 Å². The molecular formula is C10H14N2O2. The van der Waals surface area contributed by atoms with E-state index in [1.54, 1.807) is 11.0 Å². The Morgan fingerprint density at radius 1 is 1.57 bits per heavy atom. The second-order valence-electron chi connectivity index (χ2n) is 3.86. The van der Waals surface area contributed by atoms with Crippen LogP contribution in [0.3, 0.4) is 0 Å². The van der Waals surface area contributed by atoms with Gasteiger partial charge < -0.3 is 10.2 Å². The highest BCUT2D eigenvalue weighted by Gasteiger charge is 2.51. The van der Waals surface area contributed by atoms with Crippen molar-refractivity contribution < 1.29 is 9.59 Å². The van der Waals surface area contributed by atoms with Crippen molar-refractivity contribution in [2.75, 3.05) is 13.1 Å². The van der Waals surface area contributed by atoms with Gasteiger partial charge in [0.05, 0.1) is 6.54 Å². The van der Waals surface area contributed by atoms with Gasteiger partial charge in [-0.2, -0.15) is 0 Å². The fraction of sp³-hybridized carbons (Fsp3) is 0.600. The monoisotopic (exact) mass is 195 g/mol. The Morgan fingerprint density at radius 3 is 3.07 bits per heavy atom. The normalized spacial score (nSPS) is 31.3. The Hall–Kier alpha value is -1.32. The number of carbonyl (C=O) groups is 2. The molecule has 0 bridgehead atoms. The van der Waals surface area contributed by atoms with Gasteiger partial charge in [0.1, 0.15) is 5.54 Å². The van der Waals surface area contributed by atoms with E-state index >= 15 is 0 Å². The highest BCUT2D eigenvalue weighted by Crippen LogP contribution is 2.34. The van der Waals surface area contributed by atoms with Crippen molar-refractivity contribution in [1.29, 1.82) is 0 Å². The zero-order valence-corrected chi connectivity index (χ0v) is 8.08. The van der Waals surface area contributed by atoms with Crippen molar-refractivity contribution in [1.82, 2.24) is 10.2 Å². The minimum atomic E-state index is -0.614. The van der Waals surface area contributed by atoms with E-state index in [2.05, 4.69) is 11.9 Å². The van der Waals surface area contributed by atoms with Gasteiger partial charge in [0.2, 0.25) is 11.8 Å². The second-order valence-corrected chi connectivity index (χ2v) is 3.86. The molecule has 2 heterocycles. The molecule has 0 spiro atoms. The van der Waals surface area contributed by atoms with E-state index < -0.39 is 5.54 Å². The predicted octanol–water partition coefficient (Wildman–Crippen LogP) is 0.0535. The number of rotatable bonds is 2. The lowest BCUT2D eigenvalue weighted by molar-refractivity contribution is -0.150. The molecule has 76 valence electrons. The Labute approximate surface area is 83.0 Å². The molecule has 2 saturated heterocycles. The third-order valence-corrected chi connectivity index (χ3v) is 3.09. The van der Waals surface area contributed by atoms with Crippen LogP contribution in [0.5, 0.6) is 0 Å². The van der Waals surface area contributed by atoms with Crippen LogP contribution in [0.15, 0.2) is 12.7 Å². The maximum atomic E-state index is 11.8. The molecule has 2 aliphatic heterocycles. The Bertz CT molecular complexity index is 300. The highest BCUT2D eigenvalue weighted by molar-refractivity contribution is 5.98. The summed E-state index contributed by atoms with van der Waals surface area (Å²) in [4.78, 5) is 25.1. The molecule has 0 radical (unpaired) electrons. The quantitative estimate of drug-likeness (QED) is 0.500. The molecule has 2 rings (SSSR count). The Morgan fingerprint density at radius 2 is 2.36 bits per heavy atom. The first-order valence-corrected chi connectivity index (χ1v) is 4.90. The fourth-order valence-electron chi connectivity index (χ4n) is 2.44. The number of piperazine rings is 1. The lowest BCUT2D eigenvalue weighted by Gasteiger charge is -2.40. The van der Waals surface area contributed by atoms with E-state index in [-0.39, 0.29) is 18.4 Å². The molecule has 2 fully saturated rings. The summed E-state index contributed by atoms with van der Waals surface area (Å²) in [6, 6.07) is 0. The van der Waals surface area contributed by atoms with Crippen LogP contribution in [-0.2, 0) is 9.59 Å². The van der Waals surface area contributed by atoms with E-state index in [1.165, 1.54) is 0 Å².